The molecule has 1 N–H and O–H groups in total. The number of hydrogen-bond donors (Lipinski definition) is 1. The van der Waals surface area contributed by atoms with E-state index in [4.69, 9.17) is 4.98 Å². The number of hydrogen-bond acceptors (Lipinski definition) is 3. The molecule has 0 atom stereocenters. The first-order valence-electron chi connectivity index (χ1n) is 5.98. The van der Waals surface area contributed by atoms with Gasteiger partial charge in [-0.1, -0.05) is 34.6 Å². The Morgan fingerprint density at radius 1 is 1.31 bits per heavy atom. The largest absolute Gasteiger partial charge is 0.315 e. The van der Waals surface area contributed by atoms with Crippen molar-refractivity contribution in [1.29, 1.82) is 0 Å². The number of rotatable bonds is 4. The fourth-order valence-corrected chi connectivity index (χ4v) is 3.21. The number of nitrogens with one attached hydrogen (secondary N) is 1. The topological polar surface area (TPSA) is 24.9 Å². The Labute approximate surface area is 103 Å². The lowest BCUT2D eigenvalue weighted by atomic mass is 9.91. The van der Waals surface area contributed by atoms with Crippen molar-refractivity contribution in [3.05, 3.63) is 15.6 Å². The van der Waals surface area contributed by atoms with Crippen LogP contribution in [0.1, 0.15) is 50.2 Å². The summed E-state index contributed by atoms with van der Waals surface area (Å²) >= 11 is 1.87. The third kappa shape index (κ3) is 3.56. The second-order valence-corrected chi connectivity index (χ2v) is 6.93. The maximum Gasteiger partial charge on any atom is 0.0934 e. The second kappa shape index (κ2) is 5.28. The molecule has 2 nitrogen and oxygen atoms in total. The Bertz CT molecular complexity index is 334. The summed E-state index contributed by atoms with van der Waals surface area (Å²) in [6.07, 6.45) is 1.09. The molecule has 0 amide bonds. The Morgan fingerprint density at radius 3 is 2.38 bits per heavy atom. The molecule has 0 fully saturated rings. The van der Waals surface area contributed by atoms with Gasteiger partial charge in [0.05, 0.1) is 10.7 Å². The third-order valence-electron chi connectivity index (χ3n) is 2.37. The summed E-state index contributed by atoms with van der Waals surface area (Å²) in [6.45, 7) is 12.1. The highest BCUT2D eigenvalue weighted by Crippen LogP contribution is 2.30. The average Bonchev–Trinajstić information content (AvgIpc) is 2.46. The molecule has 0 unspecified atom stereocenters. The summed E-state index contributed by atoms with van der Waals surface area (Å²) in [5.41, 5.74) is 1.42. The molecule has 0 aliphatic carbocycles. The molecular formula is C13H24N2S. The highest BCUT2D eigenvalue weighted by molar-refractivity contribution is 7.11. The second-order valence-electron chi connectivity index (χ2n) is 5.76. The van der Waals surface area contributed by atoms with E-state index < -0.39 is 0 Å². The molecule has 0 aliphatic heterocycles. The van der Waals surface area contributed by atoms with E-state index in [9.17, 15) is 0 Å². The molecule has 1 aromatic heterocycles. The zero-order valence-corrected chi connectivity index (χ0v) is 12.2. The molecule has 1 rings (SSSR count). The fourth-order valence-electron chi connectivity index (χ4n) is 1.70. The molecule has 16 heavy (non-hydrogen) atoms. The van der Waals surface area contributed by atoms with Crippen molar-refractivity contribution in [2.75, 3.05) is 7.05 Å². The van der Waals surface area contributed by atoms with Crippen molar-refractivity contribution >= 4 is 11.3 Å². The predicted octanol–water partition coefficient (Wildman–Crippen LogP) is 3.36. The summed E-state index contributed by atoms with van der Waals surface area (Å²) < 4.78 is 0. The van der Waals surface area contributed by atoms with Crippen LogP contribution in [0.25, 0.3) is 0 Å². The number of aromatic nitrogens is 1. The van der Waals surface area contributed by atoms with Gasteiger partial charge >= 0.3 is 0 Å². The molecule has 0 saturated heterocycles. The van der Waals surface area contributed by atoms with Crippen LogP contribution in [0, 0.1) is 5.92 Å². The lowest BCUT2D eigenvalue weighted by molar-refractivity contribution is 0.557. The monoisotopic (exact) mass is 240 g/mol. The van der Waals surface area contributed by atoms with Crippen LogP contribution in [0.5, 0.6) is 0 Å². The van der Waals surface area contributed by atoms with Crippen molar-refractivity contribution in [3.8, 4) is 0 Å². The van der Waals surface area contributed by atoms with Gasteiger partial charge in [-0.05, 0) is 13.0 Å². The van der Waals surface area contributed by atoms with Crippen LogP contribution in [0.2, 0.25) is 0 Å². The third-order valence-corrected chi connectivity index (χ3v) is 3.45. The maximum absolute atomic E-state index is 4.82. The van der Waals surface area contributed by atoms with Gasteiger partial charge in [-0.2, -0.15) is 0 Å². The highest BCUT2D eigenvalue weighted by Gasteiger charge is 2.22. The van der Waals surface area contributed by atoms with Crippen molar-refractivity contribution in [3.63, 3.8) is 0 Å². The van der Waals surface area contributed by atoms with E-state index in [1.807, 2.05) is 18.4 Å². The molecule has 92 valence electrons. The van der Waals surface area contributed by atoms with Crippen LogP contribution < -0.4 is 5.32 Å². The van der Waals surface area contributed by atoms with Gasteiger partial charge in [-0.15, -0.1) is 11.3 Å². The summed E-state index contributed by atoms with van der Waals surface area (Å²) in [5, 5.41) is 4.52. The standard InChI is InChI=1S/C13H24N2S/c1-9(2)7-11-15-12(13(3,4)5)10(16-11)8-14-6/h9,14H,7-8H2,1-6H3. The van der Waals surface area contributed by atoms with E-state index in [1.165, 1.54) is 15.6 Å². The number of nitrogens with zero attached hydrogens (tertiary/aromatic N) is 1. The smallest absolute Gasteiger partial charge is 0.0934 e. The molecule has 3 heteroatoms. The lowest BCUT2D eigenvalue weighted by Crippen LogP contribution is -2.16. The molecule has 0 aromatic carbocycles. The average molecular weight is 240 g/mol. The Balaban J connectivity index is 3.00. The Hall–Kier alpha value is -0.410. The van der Waals surface area contributed by atoms with Crippen LogP contribution in [-0.2, 0) is 18.4 Å². The van der Waals surface area contributed by atoms with Gasteiger partial charge in [0.2, 0.25) is 0 Å². The Morgan fingerprint density at radius 2 is 1.94 bits per heavy atom. The summed E-state index contributed by atoms with van der Waals surface area (Å²) in [4.78, 5) is 6.21. The van der Waals surface area contributed by atoms with E-state index in [0.717, 1.165) is 13.0 Å². The van der Waals surface area contributed by atoms with Crippen molar-refractivity contribution in [2.24, 2.45) is 5.92 Å². The van der Waals surface area contributed by atoms with Gasteiger partial charge in [0.25, 0.3) is 0 Å². The molecule has 0 radical (unpaired) electrons. The van der Waals surface area contributed by atoms with Crippen LogP contribution in [-0.4, -0.2) is 12.0 Å². The van der Waals surface area contributed by atoms with Crippen LogP contribution in [0.15, 0.2) is 0 Å². The number of thiazole rings is 1. The van der Waals surface area contributed by atoms with Gasteiger partial charge < -0.3 is 5.32 Å². The van der Waals surface area contributed by atoms with Gasteiger partial charge in [0.1, 0.15) is 0 Å². The lowest BCUT2D eigenvalue weighted by Gasteiger charge is -2.17. The van der Waals surface area contributed by atoms with Crippen LogP contribution in [0.3, 0.4) is 0 Å². The van der Waals surface area contributed by atoms with E-state index in [1.54, 1.807) is 0 Å². The maximum atomic E-state index is 4.82. The minimum Gasteiger partial charge on any atom is -0.315 e. The predicted molar refractivity (Wildman–Crippen MR) is 72.1 cm³/mol. The minimum absolute atomic E-state index is 0.151. The van der Waals surface area contributed by atoms with Gasteiger partial charge in [0, 0.05) is 23.3 Å². The van der Waals surface area contributed by atoms with Crippen molar-refractivity contribution in [2.45, 2.75) is 53.0 Å². The zero-order valence-electron chi connectivity index (χ0n) is 11.3. The summed E-state index contributed by atoms with van der Waals surface area (Å²) in [5.74, 6) is 0.682. The van der Waals surface area contributed by atoms with Crippen molar-refractivity contribution < 1.29 is 0 Å². The molecule has 0 saturated carbocycles. The molecule has 0 spiro atoms. The van der Waals surface area contributed by atoms with Gasteiger partial charge in [-0.25, -0.2) is 4.98 Å². The van der Waals surface area contributed by atoms with E-state index in [-0.39, 0.29) is 5.41 Å². The van der Waals surface area contributed by atoms with Gasteiger partial charge in [-0.3, -0.25) is 0 Å². The highest BCUT2D eigenvalue weighted by atomic mass is 32.1. The normalized spacial score (nSPS) is 12.4. The van der Waals surface area contributed by atoms with E-state index in [0.29, 0.717) is 5.92 Å². The fraction of sp³-hybridized carbons (Fsp3) is 0.769. The van der Waals surface area contributed by atoms with Gasteiger partial charge in [0.15, 0.2) is 0 Å². The summed E-state index contributed by atoms with van der Waals surface area (Å²) in [6, 6.07) is 0. The van der Waals surface area contributed by atoms with Crippen LogP contribution in [0.4, 0.5) is 0 Å². The molecule has 1 aromatic rings. The minimum atomic E-state index is 0.151. The Kier molecular flexibility index (Phi) is 4.51. The molecular weight excluding hydrogens is 216 g/mol. The van der Waals surface area contributed by atoms with E-state index in [2.05, 4.69) is 39.9 Å². The van der Waals surface area contributed by atoms with Crippen LogP contribution >= 0.6 is 11.3 Å². The quantitative estimate of drug-likeness (QED) is 0.873. The summed E-state index contributed by atoms with van der Waals surface area (Å²) in [7, 11) is 1.99. The molecule has 1 heterocycles. The first-order valence-corrected chi connectivity index (χ1v) is 6.80. The van der Waals surface area contributed by atoms with Crippen molar-refractivity contribution in [1.82, 2.24) is 10.3 Å². The van der Waals surface area contributed by atoms with E-state index >= 15 is 0 Å². The zero-order chi connectivity index (χ0) is 12.3. The first-order chi connectivity index (χ1) is 7.34. The molecule has 0 aliphatic rings. The molecule has 0 bridgehead atoms. The SMILES string of the molecule is CNCc1sc(CC(C)C)nc1C(C)(C)C. The first kappa shape index (κ1) is 13.7.